The highest BCUT2D eigenvalue weighted by Gasteiger charge is 2.41. The van der Waals surface area contributed by atoms with E-state index in [4.69, 9.17) is 9.47 Å². The summed E-state index contributed by atoms with van der Waals surface area (Å²) in [6.45, 7) is 9.34. The van der Waals surface area contributed by atoms with E-state index in [2.05, 4.69) is 5.32 Å². The molecule has 48 heavy (non-hydrogen) atoms. The van der Waals surface area contributed by atoms with Gasteiger partial charge in [-0.25, -0.2) is 0 Å². The Bertz CT molecular complexity index is 1480. The van der Waals surface area contributed by atoms with Crippen molar-refractivity contribution in [3.63, 3.8) is 0 Å². The third-order valence-corrected chi connectivity index (χ3v) is 8.39. The molecule has 2 aliphatic rings. The molecule has 4 rings (SSSR count). The number of methoxy groups -OCH3 is 1. The number of hydrogen-bond acceptors (Lipinski definition) is 7. The Labute approximate surface area is 283 Å². The molecule has 1 fully saturated rings. The molecule has 2 aromatic carbocycles. The fraction of sp³-hybridized carbons (Fsp3) is 0.486. The maximum absolute atomic E-state index is 14.1. The number of carbonyl (C=O) groups excluding carboxylic acids is 5. The lowest BCUT2D eigenvalue weighted by atomic mass is 9.95. The topological polar surface area (TPSA) is 126 Å². The number of ether oxygens (including phenoxy) is 2. The van der Waals surface area contributed by atoms with Crippen molar-refractivity contribution in [1.82, 2.24) is 20.0 Å². The molecule has 11 heteroatoms. The molecule has 0 radical (unpaired) electrons. The standard InChI is InChI=1S/C37H48N4O7/c1-25(2)33-35(45)40(30(27-15-11-8-12-16-27)22-41(33)32(43)24-47-6)23-31(42)38-29(21-26-13-9-7-10-14-26)34(44)39-19-17-28(18-20-39)36(46)48-37(3,4)5/h7-16,22,25,28-29,33H,17-21,23-24H2,1-6H3,(H,38,42)/t29-,33?/m0/s1. The highest BCUT2D eigenvalue weighted by molar-refractivity contribution is 6.00. The number of piperidine rings is 1. The van der Waals surface area contributed by atoms with E-state index >= 15 is 0 Å². The third-order valence-electron chi connectivity index (χ3n) is 8.39. The molecule has 2 aromatic rings. The van der Waals surface area contributed by atoms with Crippen LogP contribution in [0.25, 0.3) is 5.70 Å². The third kappa shape index (κ3) is 9.31. The van der Waals surface area contributed by atoms with E-state index in [-0.39, 0.29) is 49.2 Å². The van der Waals surface area contributed by atoms with Gasteiger partial charge in [-0.05, 0) is 50.7 Å². The molecule has 1 N–H and O–H groups in total. The molecule has 1 saturated heterocycles. The van der Waals surface area contributed by atoms with Gasteiger partial charge >= 0.3 is 5.97 Å². The summed E-state index contributed by atoms with van der Waals surface area (Å²) in [5, 5.41) is 2.92. The van der Waals surface area contributed by atoms with Crippen LogP contribution >= 0.6 is 0 Å². The van der Waals surface area contributed by atoms with Crippen molar-refractivity contribution in [1.29, 1.82) is 0 Å². The van der Waals surface area contributed by atoms with Gasteiger partial charge in [0.05, 0.1) is 11.6 Å². The number of benzene rings is 2. The number of esters is 1. The molecular weight excluding hydrogens is 612 g/mol. The van der Waals surface area contributed by atoms with E-state index in [0.717, 1.165) is 5.56 Å². The highest BCUT2D eigenvalue weighted by Crippen LogP contribution is 2.30. The van der Waals surface area contributed by atoms with E-state index in [1.54, 1.807) is 23.2 Å². The average molecular weight is 661 g/mol. The number of nitrogens with one attached hydrogen (secondary N) is 1. The lowest BCUT2D eigenvalue weighted by Crippen LogP contribution is -2.58. The van der Waals surface area contributed by atoms with E-state index in [9.17, 15) is 24.0 Å². The van der Waals surface area contributed by atoms with Gasteiger partial charge in [0.2, 0.25) is 11.8 Å². The Morgan fingerprint density at radius 2 is 1.54 bits per heavy atom. The number of rotatable bonds is 11. The van der Waals surface area contributed by atoms with Gasteiger partial charge < -0.3 is 24.6 Å². The molecule has 2 aliphatic heterocycles. The van der Waals surface area contributed by atoms with E-state index in [1.165, 1.54) is 16.9 Å². The molecule has 0 bridgehead atoms. The summed E-state index contributed by atoms with van der Waals surface area (Å²) in [5.41, 5.74) is 1.33. The van der Waals surface area contributed by atoms with Gasteiger partial charge in [-0.15, -0.1) is 0 Å². The van der Waals surface area contributed by atoms with Crippen LogP contribution in [0.15, 0.2) is 66.9 Å². The smallest absolute Gasteiger partial charge is 0.309 e. The summed E-state index contributed by atoms with van der Waals surface area (Å²) in [6.07, 6.45) is 2.79. The summed E-state index contributed by atoms with van der Waals surface area (Å²) in [6, 6.07) is 16.7. The first-order chi connectivity index (χ1) is 22.8. The number of likely N-dealkylation sites (tertiary alicyclic amines) is 1. The number of carbonyl (C=O) groups is 5. The molecule has 0 aromatic heterocycles. The predicted octanol–water partition coefficient (Wildman–Crippen LogP) is 3.63. The van der Waals surface area contributed by atoms with E-state index in [0.29, 0.717) is 37.2 Å². The molecule has 258 valence electrons. The van der Waals surface area contributed by atoms with Gasteiger partial charge in [0, 0.05) is 32.8 Å². The van der Waals surface area contributed by atoms with Crippen molar-refractivity contribution in [2.24, 2.45) is 11.8 Å². The fourth-order valence-corrected chi connectivity index (χ4v) is 6.09. The largest absolute Gasteiger partial charge is 0.460 e. The maximum Gasteiger partial charge on any atom is 0.309 e. The normalized spacial score (nSPS) is 18.0. The molecule has 2 heterocycles. The van der Waals surface area contributed by atoms with Crippen LogP contribution in [0.3, 0.4) is 0 Å². The van der Waals surface area contributed by atoms with Gasteiger partial charge in [0.25, 0.3) is 11.8 Å². The highest BCUT2D eigenvalue weighted by atomic mass is 16.6. The van der Waals surface area contributed by atoms with Crippen molar-refractivity contribution in [2.45, 2.75) is 71.6 Å². The molecule has 0 aliphatic carbocycles. The second-order valence-electron chi connectivity index (χ2n) is 13.7. The number of hydrogen-bond donors (Lipinski definition) is 1. The summed E-state index contributed by atoms with van der Waals surface area (Å²) < 4.78 is 10.6. The Morgan fingerprint density at radius 3 is 2.10 bits per heavy atom. The molecule has 2 atom stereocenters. The van der Waals surface area contributed by atoms with Crippen molar-refractivity contribution in [3.8, 4) is 0 Å². The van der Waals surface area contributed by atoms with Gasteiger partial charge in [-0.2, -0.15) is 0 Å². The van der Waals surface area contributed by atoms with E-state index < -0.39 is 29.5 Å². The quantitative estimate of drug-likeness (QED) is 0.365. The van der Waals surface area contributed by atoms with Crippen LogP contribution < -0.4 is 5.32 Å². The summed E-state index contributed by atoms with van der Waals surface area (Å²) in [5.74, 6) is -2.36. The molecule has 0 saturated carbocycles. The second kappa shape index (κ2) is 16.1. The fourth-order valence-electron chi connectivity index (χ4n) is 6.09. The molecule has 4 amide bonds. The van der Waals surface area contributed by atoms with Gasteiger partial charge in [0.15, 0.2) is 0 Å². The maximum atomic E-state index is 14.1. The van der Waals surface area contributed by atoms with E-state index in [1.807, 2.05) is 83.1 Å². The van der Waals surface area contributed by atoms with Crippen molar-refractivity contribution in [3.05, 3.63) is 78.0 Å². The Balaban J connectivity index is 1.56. The molecule has 0 spiro atoms. The van der Waals surface area contributed by atoms with Gasteiger partial charge in [-0.1, -0.05) is 74.5 Å². The molecular formula is C37H48N4O7. The van der Waals surface area contributed by atoms with Crippen LogP contribution in [0.5, 0.6) is 0 Å². The van der Waals surface area contributed by atoms with Crippen LogP contribution in [0.2, 0.25) is 0 Å². The van der Waals surface area contributed by atoms with Crippen LogP contribution in [0, 0.1) is 11.8 Å². The Kier molecular flexibility index (Phi) is 12.2. The van der Waals surface area contributed by atoms with Crippen molar-refractivity contribution >= 4 is 35.3 Å². The zero-order chi connectivity index (χ0) is 35.0. The minimum atomic E-state index is -0.900. The summed E-state index contributed by atoms with van der Waals surface area (Å²) in [4.78, 5) is 72.1. The second-order valence-corrected chi connectivity index (χ2v) is 13.7. The Morgan fingerprint density at radius 1 is 0.938 bits per heavy atom. The van der Waals surface area contributed by atoms with Crippen molar-refractivity contribution in [2.75, 3.05) is 33.4 Å². The zero-order valence-corrected chi connectivity index (χ0v) is 28.8. The number of amides is 4. The minimum Gasteiger partial charge on any atom is -0.460 e. The molecule has 11 nitrogen and oxygen atoms in total. The van der Waals surface area contributed by atoms with Gasteiger partial charge in [-0.3, -0.25) is 28.9 Å². The first-order valence-corrected chi connectivity index (χ1v) is 16.5. The van der Waals surface area contributed by atoms with Crippen molar-refractivity contribution < 1.29 is 33.4 Å². The van der Waals surface area contributed by atoms with Crippen LogP contribution in [0.4, 0.5) is 0 Å². The number of nitrogens with zero attached hydrogens (tertiary/aromatic N) is 3. The first kappa shape index (κ1) is 36.3. The van der Waals surface area contributed by atoms with Crippen LogP contribution in [-0.2, 0) is 39.9 Å². The first-order valence-electron chi connectivity index (χ1n) is 16.5. The molecule has 1 unspecified atom stereocenters. The lowest BCUT2D eigenvalue weighted by molar-refractivity contribution is -0.162. The predicted molar refractivity (Wildman–Crippen MR) is 181 cm³/mol. The zero-order valence-electron chi connectivity index (χ0n) is 28.8. The lowest BCUT2D eigenvalue weighted by Gasteiger charge is -2.41. The monoisotopic (exact) mass is 660 g/mol. The SMILES string of the molecule is COCC(=O)N1C=C(c2ccccc2)N(CC(=O)N[C@@H](Cc2ccccc2)C(=O)N2CCC(C(=O)OC(C)(C)C)CC2)C(=O)C1C(C)C. The van der Waals surface area contributed by atoms with Crippen LogP contribution in [-0.4, -0.2) is 95.3 Å². The van der Waals surface area contributed by atoms with Crippen LogP contribution in [0.1, 0.15) is 58.6 Å². The Hall–Kier alpha value is -4.51. The average Bonchev–Trinajstić information content (AvgIpc) is 3.05. The van der Waals surface area contributed by atoms with Gasteiger partial charge in [0.1, 0.15) is 30.8 Å². The summed E-state index contributed by atoms with van der Waals surface area (Å²) >= 11 is 0. The summed E-state index contributed by atoms with van der Waals surface area (Å²) in [7, 11) is 1.42. The minimum absolute atomic E-state index is 0.201.